The van der Waals surface area contributed by atoms with Crippen molar-refractivity contribution < 1.29 is 4.74 Å². The summed E-state index contributed by atoms with van der Waals surface area (Å²) in [7, 11) is 1.88. The minimum Gasteiger partial charge on any atom is -0.373 e. The standard InChI is InChI=1S/C13H21N3O/c1-9(2)10-8-11(14-4)16-12(15-10)13(3)6-5-7-17-13/h8-9H,5-7H2,1-4H3,(H,14,15,16). The lowest BCUT2D eigenvalue weighted by Gasteiger charge is -2.23. The average Bonchev–Trinajstić information content (AvgIpc) is 2.77. The number of anilines is 1. The molecule has 1 N–H and O–H groups in total. The Kier molecular flexibility index (Phi) is 3.33. The van der Waals surface area contributed by atoms with E-state index in [0.29, 0.717) is 5.92 Å². The van der Waals surface area contributed by atoms with Crippen molar-refractivity contribution in [2.75, 3.05) is 19.0 Å². The van der Waals surface area contributed by atoms with Gasteiger partial charge < -0.3 is 10.1 Å². The summed E-state index contributed by atoms with van der Waals surface area (Å²) in [5.41, 5.74) is 0.757. The van der Waals surface area contributed by atoms with Crippen LogP contribution < -0.4 is 5.32 Å². The van der Waals surface area contributed by atoms with Gasteiger partial charge in [-0.05, 0) is 25.7 Å². The summed E-state index contributed by atoms with van der Waals surface area (Å²) in [5, 5.41) is 3.10. The number of hydrogen-bond acceptors (Lipinski definition) is 4. The summed E-state index contributed by atoms with van der Waals surface area (Å²) < 4.78 is 5.81. The maximum absolute atomic E-state index is 5.81. The van der Waals surface area contributed by atoms with Gasteiger partial charge >= 0.3 is 0 Å². The fraction of sp³-hybridized carbons (Fsp3) is 0.692. The van der Waals surface area contributed by atoms with Crippen molar-refractivity contribution in [1.29, 1.82) is 0 Å². The fourth-order valence-corrected chi connectivity index (χ4v) is 2.08. The Labute approximate surface area is 103 Å². The predicted molar refractivity (Wildman–Crippen MR) is 68.2 cm³/mol. The van der Waals surface area contributed by atoms with Gasteiger partial charge in [-0.15, -0.1) is 0 Å². The molecule has 17 heavy (non-hydrogen) atoms. The summed E-state index contributed by atoms with van der Waals surface area (Å²) in [4.78, 5) is 9.20. The van der Waals surface area contributed by atoms with Crippen molar-refractivity contribution in [3.8, 4) is 0 Å². The first-order valence-corrected chi connectivity index (χ1v) is 6.26. The van der Waals surface area contributed by atoms with Gasteiger partial charge in [-0.1, -0.05) is 13.8 Å². The normalized spacial score (nSPS) is 24.3. The van der Waals surface area contributed by atoms with Crippen LogP contribution in [0.5, 0.6) is 0 Å². The van der Waals surface area contributed by atoms with E-state index in [1.165, 1.54) is 0 Å². The molecule has 1 aliphatic heterocycles. The Hall–Kier alpha value is -1.16. The van der Waals surface area contributed by atoms with E-state index in [9.17, 15) is 0 Å². The molecule has 4 heteroatoms. The van der Waals surface area contributed by atoms with Gasteiger partial charge in [-0.25, -0.2) is 9.97 Å². The van der Waals surface area contributed by atoms with Gasteiger partial charge in [0.1, 0.15) is 11.4 Å². The molecule has 2 rings (SSSR count). The first-order chi connectivity index (χ1) is 8.05. The number of ether oxygens (including phenoxy) is 1. The van der Waals surface area contributed by atoms with Crippen LogP contribution in [0.3, 0.4) is 0 Å². The monoisotopic (exact) mass is 235 g/mol. The molecule has 0 aromatic carbocycles. The summed E-state index contributed by atoms with van der Waals surface area (Å²) in [6.07, 6.45) is 2.08. The lowest BCUT2D eigenvalue weighted by atomic mass is 10.0. The fourth-order valence-electron chi connectivity index (χ4n) is 2.08. The van der Waals surface area contributed by atoms with Crippen LogP contribution in [0.2, 0.25) is 0 Å². The molecular weight excluding hydrogens is 214 g/mol. The number of rotatable bonds is 3. The molecule has 1 saturated heterocycles. The lowest BCUT2D eigenvalue weighted by Crippen LogP contribution is -2.24. The summed E-state index contributed by atoms with van der Waals surface area (Å²) in [5.74, 6) is 2.08. The molecule has 1 unspecified atom stereocenters. The molecule has 1 aromatic heterocycles. The van der Waals surface area contributed by atoms with E-state index < -0.39 is 0 Å². The first-order valence-electron chi connectivity index (χ1n) is 6.26. The molecule has 0 aliphatic carbocycles. The van der Waals surface area contributed by atoms with Crippen molar-refractivity contribution in [3.05, 3.63) is 17.6 Å². The van der Waals surface area contributed by atoms with Crippen LogP contribution in [0, 0.1) is 0 Å². The second kappa shape index (κ2) is 4.61. The molecule has 2 heterocycles. The van der Waals surface area contributed by atoms with E-state index in [1.807, 2.05) is 13.1 Å². The average molecular weight is 235 g/mol. The molecule has 1 aromatic rings. The Morgan fingerprint density at radius 1 is 1.41 bits per heavy atom. The minimum absolute atomic E-state index is 0.309. The Bertz CT molecular complexity index is 398. The highest BCUT2D eigenvalue weighted by molar-refractivity contribution is 5.37. The van der Waals surface area contributed by atoms with E-state index in [-0.39, 0.29) is 5.60 Å². The highest BCUT2D eigenvalue weighted by Gasteiger charge is 2.35. The Balaban J connectivity index is 2.42. The van der Waals surface area contributed by atoms with Gasteiger partial charge in [-0.3, -0.25) is 0 Å². The molecule has 4 nitrogen and oxygen atoms in total. The van der Waals surface area contributed by atoms with Crippen LogP contribution in [0.1, 0.15) is 51.0 Å². The molecule has 0 saturated carbocycles. The van der Waals surface area contributed by atoms with Crippen LogP contribution in [-0.2, 0) is 10.3 Å². The zero-order valence-electron chi connectivity index (χ0n) is 11.1. The van der Waals surface area contributed by atoms with Crippen LogP contribution >= 0.6 is 0 Å². The number of nitrogens with zero attached hydrogens (tertiary/aromatic N) is 2. The minimum atomic E-state index is -0.309. The maximum Gasteiger partial charge on any atom is 0.162 e. The van der Waals surface area contributed by atoms with E-state index in [0.717, 1.165) is 36.8 Å². The molecule has 1 aliphatic rings. The number of hydrogen-bond donors (Lipinski definition) is 1. The largest absolute Gasteiger partial charge is 0.373 e. The van der Waals surface area contributed by atoms with Gasteiger partial charge in [0.2, 0.25) is 0 Å². The van der Waals surface area contributed by atoms with Crippen LogP contribution in [0.25, 0.3) is 0 Å². The number of aromatic nitrogens is 2. The van der Waals surface area contributed by atoms with Crippen molar-refractivity contribution in [2.24, 2.45) is 0 Å². The van der Waals surface area contributed by atoms with Crippen molar-refractivity contribution in [3.63, 3.8) is 0 Å². The summed E-state index contributed by atoms with van der Waals surface area (Å²) >= 11 is 0. The van der Waals surface area contributed by atoms with E-state index in [1.54, 1.807) is 0 Å². The second-order valence-corrected chi connectivity index (χ2v) is 5.09. The third kappa shape index (κ3) is 2.41. The van der Waals surface area contributed by atoms with E-state index in [2.05, 4.69) is 36.1 Å². The van der Waals surface area contributed by atoms with E-state index in [4.69, 9.17) is 4.74 Å². The van der Waals surface area contributed by atoms with Gasteiger partial charge in [0.15, 0.2) is 5.82 Å². The number of nitrogens with one attached hydrogen (secondary N) is 1. The van der Waals surface area contributed by atoms with Gasteiger partial charge in [0.05, 0.1) is 0 Å². The quantitative estimate of drug-likeness (QED) is 0.875. The molecule has 1 atom stereocenters. The van der Waals surface area contributed by atoms with Crippen LogP contribution in [0.15, 0.2) is 6.07 Å². The predicted octanol–water partition coefficient (Wildman–Crippen LogP) is 2.67. The van der Waals surface area contributed by atoms with Crippen LogP contribution in [0.4, 0.5) is 5.82 Å². The van der Waals surface area contributed by atoms with Crippen molar-refractivity contribution in [1.82, 2.24) is 9.97 Å². The second-order valence-electron chi connectivity index (χ2n) is 5.09. The highest BCUT2D eigenvalue weighted by Crippen LogP contribution is 2.34. The molecule has 1 fully saturated rings. The van der Waals surface area contributed by atoms with E-state index >= 15 is 0 Å². The third-order valence-corrected chi connectivity index (χ3v) is 3.29. The molecular formula is C13H21N3O. The highest BCUT2D eigenvalue weighted by atomic mass is 16.5. The zero-order chi connectivity index (χ0) is 12.5. The lowest BCUT2D eigenvalue weighted by molar-refractivity contribution is 0.00924. The van der Waals surface area contributed by atoms with Crippen molar-refractivity contribution >= 4 is 5.82 Å². The smallest absolute Gasteiger partial charge is 0.162 e. The first kappa shape index (κ1) is 12.3. The zero-order valence-corrected chi connectivity index (χ0v) is 11.1. The maximum atomic E-state index is 5.81. The molecule has 0 spiro atoms. The SMILES string of the molecule is CNc1cc(C(C)C)nc(C2(C)CCCO2)n1. The summed E-state index contributed by atoms with van der Waals surface area (Å²) in [6.45, 7) is 7.17. The molecule has 0 radical (unpaired) electrons. The van der Waals surface area contributed by atoms with Gasteiger partial charge in [0, 0.05) is 25.4 Å². The summed E-state index contributed by atoms with van der Waals surface area (Å²) in [6, 6.07) is 2.01. The third-order valence-electron chi connectivity index (χ3n) is 3.29. The molecule has 0 amide bonds. The van der Waals surface area contributed by atoms with Gasteiger partial charge in [0.25, 0.3) is 0 Å². The van der Waals surface area contributed by atoms with Crippen LogP contribution in [-0.4, -0.2) is 23.6 Å². The molecule has 94 valence electrons. The van der Waals surface area contributed by atoms with Gasteiger partial charge in [-0.2, -0.15) is 0 Å². The Morgan fingerprint density at radius 3 is 2.71 bits per heavy atom. The molecule has 0 bridgehead atoms. The van der Waals surface area contributed by atoms with Crippen molar-refractivity contribution in [2.45, 2.75) is 45.1 Å². The Morgan fingerprint density at radius 2 is 2.18 bits per heavy atom. The topological polar surface area (TPSA) is 47.0 Å².